The van der Waals surface area contributed by atoms with Crippen LogP contribution in [0.2, 0.25) is 0 Å². The van der Waals surface area contributed by atoms with Gasteiger partial charge in [0.1, 0.15) is 40.9 Å². The van der Waals surface area contributed by atoms with Gasteiger partial charge in [-0.25, -0.2) is 14.6 Å². The Morgan fingerprint density at radius 1 is 0.618 bits per heavy atom. The quantitative estimate of drug-likeness (QED) is 0.0251. The molecule has 2 rings (SSSR count). The molecule has 0 aliphatic rings. The summed E-state index contributed by atoms with van der Waals surface area (Å²) < 4.78 is 16.5. The van der Waals surface area contributed by atoms with E-state index in [4.69, 9.17) is 24.4 Å². The van der Waals surface area contributed by atoms with Crippen LogP contribution in [-0.2, 0) is 87.8 Å². The molecule has 0 saturated heterocycles. The number of anilines is 2. The smallest absolute Gasteiger partial charge is 0.328 e. The number of nitrogens with one attached hydrogen (secondary N) is 10. The van der Waals surface area contributed by atoms with Crippen molar-refractivity contribution in [3.63, 3.8) is 0 Å². The minimum absolute atomic E-state index is 0.00544. The van der Waals surface area contributed by atoms with Gasteiger partial charge < -0.3 is 87.6 Å². The van der Waals surface area contributed by atoms with Gasteiger partial charge in [-0.3, -0.25) is 67.2 Å². The Balaban J connectivity index is 2.48. The monoisotopic (exact) mass is 1460 g/mol. The number of aromatic nitrogens is 1. The highest BCUT2D eigenvalue weighted by atomic mass is 32.1. The highest BCUT2D eigenvalue weighted by molar-refractivity contribution is 7.09. The van der Waals surface area contributed by atoms with Crippen LogP contribution >= 0.6 is 11.3 Å². The molecule has 0 bridgehead atoms. The number of benzene rings is 1. The van der Waals surface area contributed by atoms with E-state index in [0.717, 1.165) is 23.5 Å². The number of carboxylic acid groups (broad SMARTS) is 3. The molecule has 2 aromatic rings. The summed E-state index contributed by atoms with van der Waals surface area (Å²) >= 11 is 1.01. The van der Waals surface area contributed by atoms with E-state index < -0.39 is 137 Å². The van der Waals surface area contributed by atoms with Crippen LogP contribution in [0.15, 0.2) is 47.9 Å². The Morgan fingerprint density at radius 2 is 1.11 bits per heavy atom. The van der Waals surface area contributed by atoms with Gasteiger partial charge in [0.15, 0.2) is 6.10 Å². The van der Waals surface area contributed by atoms with E-state index in [0.29, 0.717) is 24.1 Å². The van der Waals surface area contributed by atoms with E-state index in [1.807, 2.05) is 27.7 Å². The van der Waals surface area contributed by atoms with Gasteiger partial charge in [-0.1, -0.05) is 47.1 Å². The molecule has 1 aromatic carbocycles. The van der Waals surface area contributed by atoms with Crippen molar-refractivity contribution in [2.45, 2.75) is 176 Å². The van der Waals surface area contributed by atoms with E-state index in [1.165, 1.54) is 70.0 Å². The molecule has 1 heterocycles. The van der Waals surface area contributed by atoms with Crippen LogP contribution in [0, 0.1) is 17.8 Å². The number of hydrogen-bond donors (Lipinski definition) is 13. The lowest BCUT2D eigenvalue weighted by atomic mass is 9.92. The molecule has 566 valence electrons. The fourth-order valence-electron chi connectivity index (χ4n) is 9.31. The van der Waals surface area contributed by atoms with Crippen LogP contribution in [0.1, 0.15) is 142 Å². The molecule has 0 fully saturated rings. The number of ether oxygens (including phenoxy) is 3. The molecule has 0 saturated carbocycles. The Bertz CT molecular complexity index is 3340. The number of hydrogen-bond acceptors (Lipinski definition) is 21. The third-order valence-corrected chi connectivity index (χ3v) is 17.1. The number of carboxylic acids is 3. The number of carbonyl (C=O) groups is 15. The number of likely N-dealkylation sites (N-methyl/N-ethyl adjacent to an activating group) is 2. The number of esters is 1. The second-order valence-corrected chi connectivity index (χ2v) is 26.2. The maximum atomic E-state index is 14.4. The third-order valence-electron chi connectivity index (χ3n) is 16.2. The maximum Gasteiger partial charge on any atom is 0.328 e. The van der Waals surface area contributed by atoms with Crippen molar-refractivity contribution < 1.29 is 101 Å². The SMILES string of the molecule is CC[C@H](C)[C@H](NC(=O)C(C)(C)N(C)C)C(=O)N(C)[C@H](C[C@@H](OC(C)=O)c1nc(C(=O)N[C@@H](Cc2ccc(NC(=O)[C@H](C)NC(=O)[C@H](C)NC(=O)CCOCCNC(=O)/C=C\C(=O)O)c(NC(=O)[C@H](C)NC(=O)[C@H](C)NC(=O)CCOCCNC(=O)/C=C\C(=O)O)c2)CC(C)C(=O)O)cs1)C(C)C. The Labute approximate surface area is 596 Å². The van der Waals surface area contributed by atoms with Crippen molar-refractivity contribution in [2.75, 3.05) is 71.3 Å². The normalized spacial score (nSPS) is 14.4. The van der Waals surface area contributed by atoms with Crippen LogP contribution in [0.4, 0.5) is 11.4 Å². The van der Waals surface area contributed by atoms with E-state index >= 15 is 0 Å². The van der Waals surface area contributed by atoms with Gasteiger partial charge >= 0.3 is 23.9 Å². The first-order valence-corrected chi connectivity index (χ1v) is 34.0. The van der Waals surface area contributed by atoms with E-state index in [-0.39, 0.29) is 117 Å². The van der Waals surface area contributed by atoms with Crippen LogP contribution in [0.25, 0.3) is 0 Å². The predicted molar refractivity (Wildman–Crippen MR) is 373 cm³/mol. The lowest BCUT2D eigenvalue weighted by Crippen LogP contribution is -2.60. The molecule has 1 aromatic heterocycles. The highest BCUT2D eigenvalue weighted by Gasteiger charge is 2.39. The second-order valence-electron chi connectivity index (χ2n) is 25.4. The number of rotatable bonds is 45. The first-order valence-electron chi connectivity index (χ1n) is 33.1. The van der Waals surface area contributed by atoms with Crippen LogP contribution in [0.5, 0.6) is 0 Å². The first kappa shape index (κ1) is 88.3. The fourth-order valence-corrected chi connectivity index (χ4v) is 10.1. The van der Waals surface area contributed by atoms with Gasteiger partial charge in [0.05, 0.1) is 49.3 Å². The number of aliphatic carboxylic acids is 3. The third kappa shape index (κ3) is 31.9. The molecular weight excluding hydrogens is 1350 g/mol. The van der Waals surface area contributed by atoms with Crippen molar-refractivity contribution in [3.05, 3.63) is 64.1 Å². The van der Waals surface area contributed by atoms with Crippen molar-refractivity contribution in [3.8, 4) is 0 Å². The molecule has 0 aliphatic heterocycles. The number of carbonyl (C=O) groups excluding carboxylic acids is 12. The van der Waals surface area contributed by atoms with Crippen LogP contribution in [-0.4, -0.2) is 227 Å². The minimum Gasteiger partial charge on any atom is -0.481 e. The number of thiazole rings is 1. The Kier molecular flexibility index (Phi) is 38.0. The van der Waals surface area contributed by atoms with E-state index in [2.05, 4.69) is 58.2 Å². The fraction of sp³-hybridized carbons (Fsp3) is 0.582. The van der Waals surface area contributed by atoms with Crippen molar-refractivity contribution in [1.29, 1.82) is 0 Å². The maximum absolute atomic E-state index is 14.4. The lowest BCUT2D eigenvalue weighted by Gasteiger charge is -2.38. The van der Waals surface area contributed by atoms with E-state index in [1.54, 1.807) is 39.9 Å². The summed E-state index contributed by atoms with van der Waals surface area (Å²) in [7, 11) is 5.13. The summed E-state index contributed by atoms with van der Waals surface area (Å²) in [6.07, 6.45) is 1.82. The number of amides is 11. The summed E-state index contributed by atoms with van der Waals surface area (Å²) in [6.45, 7) is 18.8. The standard InChI is InChI=1S/C67H101N13O21S/c1-16-37(4)57(78-66(98)67(11,12)79(13)14)64(95)80(15)49(36(2)3)34-50(101-43(10)81)63-77-48(35-102-63)62(94)74-45(31-38(5)65(96)97)32-44-17-18-46(75-60(92)41(8)72-58(90)39(6)70-53(84)23-27-99-29-25-68-51(82)19-21-55(86)87)47(33-44)76-61(93)42(9)73-59(91)40(7)71-54(85)24-28-100-30-26-69-52(83)20-22-56(88)89/h17-22,33,35-42,45,49-50,57H,16,23-32,34H2,1-15H3,(H,68,82)(H,69,83)(H,70,84)(H,71,85)(H,72,90)(H,73,91)(H,74,94)(H,75,92)(H,76,93)(H,78,98)(H,86,87)(H,88,89)(H,96,97)/b21-19-,22-20-/t37-,38?,39-,40-,41-,42-,45+,49+,50+,57-/m0/s1. The molecule has 1 unspecified atom stereocenters. The molecular formula is C67H101N13O21S. The Hall–Kier alpha value is -9.74. The molecule has 11 amide bonds. The summed E-state index contributed by atoms with van der Waals surface area (Å²) in [5, 5.41) is 55.0. The highest BCUT2D eigenvalue weighted by Crippen LogP contribution is 2.32. The summed E-state index contributed by atoms with van der Waals surface area (Å²) in [4.78, 5) is 200. The van der Waals surface area contributed by atoms with Crippen molar-refractivity contribution >= 4 is 112 Å². The molecule has 0 spiro atoms. The minimum atomic E-state index is -1.33. The van der Waals surface area contributed by atoms with E-state index in [9.17, 15) is 77.0 Å². The molecule has 102 heavy (non-hydrogen) atoms. The van der Waals surface area contributed by atoms with Gasteiger partial charge in [-0.2, -0.15) is 0 Å². The van der Waals surface area contributed by atoms with Gasteiger partial charge in [0.2, 0.25) is 59.1 Å². The summed E-state index contributed by atoms with van der Waals surface area (Å²) in [5.74, 6) is -13.3. The summed E-state index contributed by atoms with van der Waals surface area (Å²) in [5.41, 5.74) is -0.850. The zero-order valence-corrected chi connectivity index (χ0v) is 61.2. The topological polar surface area (TPSA) is 484 Å². The summed E-state index contributed by atoms with van der Waals surface area (Å²) in [6, 6.07) is -3.13. The average Bonchev–Trinajstić information content (AvgIpc) is 1.03. The second kappa shape index (κ2) is 43.8. The molecule has 10 atom stereocenters. The molecule has 34 nitrogen and oxygen atoms in total. The van der Waals surface area contributed by atoms with Gasteiger partial charge in [-0.05, 0) is 98.0 Å². The van der Waals surface area contributed by atoms with Crippen LogP contribution < -0.4 is 53.2 Å². The zero-order valence-electron chi connectivity index (χ0n) is 60.4. The van der Waals surface area contributed by atoms with Gasteiger partial charge in [-0.15, -0.1) is 11.3 Å². The van der Waals surface area contributed by atoms with Crippen LogP contribution in [0.3, 0.4) is 0 Å². The lowest BCUT2D eigenvalue weighted by molar-refractivity contribution is -0.149. The largest absolute Gasteiger partial charge is 0.481 e. The molecule has 35 heteroatoms. The van der Waals surface area contributed by atoms with Gasteiger partial charge in [0.25, 0.3) is 5.91 Å². The van der Waals surface area contributed by atoms with Crippen molar-refractivity contribution in [2.24, 2.45) is 17.8 Å². The molecule has 0 radical (unpaired) electrons. The van der Waals surface area contributed by atoms with Crippen molar-refractivity contribution in [1.82, 2.24) is 57.3 Å². The Morgan fingerprint density at radius 3 is 1.56 bits per heavy atom. The molecule has 13 N–H and O–H groups in total. The van der Waals surface area contributed by atoms with Gasteiger partial charge in [0, 0.05) is 88.1 Å². The predicted octanol–water partition coefficient (Wildman–Crippen LogP) is 1.17. The zero-order chi connectivity index (χ0) is 77.3. The first-order chi connectivity index (χ1) is 47.7. The number of nitrogens with zero attached hydrogens (tertiary/aromatic N) is 3. The average molecular weight is 1460 g/mol. The molecule has 0 aliphatic carbocycles.